The standard InChI is InChI=1S/C9H16O5/c1-8(2)13-5-6(14-8)4-9(3,12)7(10)11/h6,12H,4-5H2,1-3H3,(H,10,11). The zero-order chi connectivity index (χ0) is 11.0. The summed E-state index contributed by atoms with van der Waals surface area (Å²) in [5.74, 6) is -1.93. The van der Waals surface area contributed by atoms with Crippen LogP contribution in [0.5, 0.6) is 0 Å². The van der Waals surface area contributed by atoms with Crippen LogP contribution in [0.3, 0.4) is 0 Å². The molecule has 14 heavy (non-hydrogen) atoms. The molecule has 82 valence electrons. The maximum absolute atomic E-state index is 10.6. The van der Waals surface area contributed by atoms with E-state index in [0.717, 1.165) is 0 Å². The summed E-state index contributed by atoms with van der Waals surface area (Å²) in [5, 5.41) is 18.2. The third kappa shape index (κ3) is 2.67. The first-order valence-electron chi connectivity index (χ1n) is 4.50. The van der Waals surface area contributed by atoms with Crippen LogP contribution in [-0.4, -0.2) is 40.3 Å². The van der Waals surface area contributed by atoms with Crippen molar-refractivity contribution < 1.29 is 24.5 Å². The van der Waals surface area contributed by atoms with Gasteiger partial charge < -0.3 is 19.7 Å². The van der Waals surface area contributed by atoms with Crippen LogP contribution in [0.1, 0.15) is 27.2 Å². The van der Waals surface area contributed by atoms with Gasteiger partial charge in [0.25, 0.3) is 0 Å². The second-order valence-electron chi connectivity index (χ2n) is 4.23. The van der Waals surface area contributed by atoms with E-state index in [-0.39, 0.29) is 12.5 Å². The molecule has 1 fully saturated rings. The fraction of sp³-hybridized carbons (Fsp3) is 0.889. The van der Waals surface area contributed by atoms with E-state index in [0.29, 0.717) is 6.61 Å². The zero-order valence-corrected chi connectivity index (χ0v) is 8.61. The lowest BCUT2D eigenvalue weighted by Crippen LogP contribution is -2.39. The number of carboxylic acids is 1. The Morgan fingerprint density at radius 3 is 2.57 bits per heavy atom. The van der Waals surface area contributed by atoms with Gasteiger partial charge in [-0.25, -0.2) is 4.79 Å². The Labute approximate surface area is 82.6 Å². The monoisotopic (exact) mass is 204 g/mol. The van der Waals surface area contributed by atoms with Crippen molar-refractivity contribution in [1.29, 1.82) is 0 Å². The number of aliphatic carboxylic acids is 1. The number of hydrogen-bond acceptors (Lipinski definition) is 4. The van der Waals surface area contributed by atoms with E-state index < -0.39 is 17.4 Å². The predicted octanol–water partition coefficient (Wildman–Crippen LogP) is 0.364. The van der Waals surface area contributed by atoms with Crippen molar-refractivity contribution in [3.05, 3.63) is 0 Å². The molecular formula is C9H16O5. The maximum Gasteiger partial charge on any atom is 0.335 e. The normalized spacial score (nSPS) is 29.9. The third-order valence-corrected chi connectivity index (χ3v) is 2.15. The van der Waals surface area contributed by atoms with Crippen LogP contribution in [0.4, 0.5) is 0 Å². The number of ether oxygens (including phenoxy) is 2. The molecule has 0 bridgehead atoms. The van der Waals surface area contributed by atoms with Crippen LogP contribution in [0.25, 0.3) is 0 Å². The number of carbonyl (C=O) groups is 1. The molecule has 1 aliphatic heterocycles. The molecule has 0 amide bonds. The number of hydrogen-bond donors (Lipinski definition) is 2. The molecule has 5 heteroatoms. The molecule has 0 aromatic heterocycles. The van der Waals surface area contributed by atoms with E-state index in [1.807, 2.05) is 0 Å². The first kappa shape index (κ1) is 11.4. The van der Waals surface area contributed by atoms with Gasteiger partial charge in [-0.05, 0) is 20.8 Å². The van der Waals surface area contributed by atoms with Gasteiger partial charge in [-0.15, -0.1) is 0 Å². The highest BCUT2D eigenvalue weighted by Crippen LogP contribution is 2.27. The largest absolute Gasteiger partial charge is 0.479 e. The van der Waals surface area contributed by atoms with Crippen LogP contribution < -0.4 is 0 Å². The molecule has 1 saturated heterocycles. The Bertz CT molecular complexity index is 233. The van der Waals surface area contributed by atoms with E-state index in [1.165, 1.54) is 6.92 Å². The van der Waals surface area contributed by atoms with Gasteiger partial charge >= 0.3 is 5.97 Å². The second-order valence-corrected chi connectivity index (χ2v) is 4.23. The quantitative estimate of drug-likeness (QED) is 0.694. The van der Waals surface area contributed by atoms with Crippen LogP contribution in [0.15, 0.2) is 0 Å². The summed E-state index contributed by atoms with van der Waals surface area (Å²) in [6, 6.07) is 0. The molecule has 2 N–H and O–H groups in total. The zero-order valence-electron chi connectivity index (χ0n) is 8.61. The van der Waals surface area contributed by atoms with E-state index in [4.69, 9.17) is 14.6 Å². The number of rotatable bonds is 3. The predicted molar refractivity (Wildman–Crippen MR) is 47.8 cm³/mol. The highest BCUT2D eigenvalue weighted by atomic mass is 16.7. The van der Waals surface area contributed by atoms with Gasteiger partial charge in [-0.2, -0.15) is 0 Å². The van der Waals surface area contributed by atoms with Crippen LogP contribution in [0.2, 0.25) is 0 Å². The fourth-order valence-corrected chi connectivity index (χ4v) is 1.39. The number of carboxylic acid groups (broad SMARTS) is 1. The van der Waals surface area contributed by atoms with Crippen LogP contribution >= 0.6 is 0 Å². The van der Waals surface area contributed by atoms with Crippen molar-refractivity contribution in [3.8, 4) is 0 Å². The molecule has 1 heterocycles. The van der Waals surface area contributed by atoms with E-state index in [9.17, 15) is 9.90 Å². The average molecular weight is 204 g/mol. The lowest BCUT2D eigenvalue weighted by molar-refractivity contribution is -0.166. The summed E-state index contributed by atoms with van der Waals surface area (Å²) in [5.41, 5.74) is -1.76. The summed E-state index contributed by atoms with van der Waals surface area (Å²) in [7, 11) is 0. The van der Waals surface area contributed by atoms with Crippen molar-refractivity contribution in [1.82, 2.24) is 0 Å². The molecule has 5 nitrogen and oxygen atoms in total. The minimum Gasteiger partial charge on any atom is -0.479 e. The molecule has 0 spiro atoms. The average Bonchev–Trinajstić information content (AvgIpc) is 2.28. The first-order chi connectivity index (χ1) is 6.23. The molecule has 0 radical (unpaired) electrons. The molecule has 1 aliphatic rings. The molecule has 2 unspecified atom stereocenters. The summed E-state index contributed by atoms with van der Waals surface area (Å²) < 4.78 is 10.6. The lowest BCUT2D eigenvalue weighted by atomic mass is 9.99. The van der Waals surface area contributed by atoms with Gasteiger partial charge in [-0.1, -0.05) is 0 Å². The summed E-state index contributed by atoms with van der Waals surface area (Å²) in [4.78, 5) is 10.6. The van der Waals surface area contributed by atoms with E-state index in [1.54, 1.807) is 13.8 Å². The molecule has 1 rings (SSSR count). The minimum absolute atomic E-state index is 0.0335. The Kier molecular flexibility index (Phi) is 2.85. The van der Waals surface area contributed by atoms with Crippen molar-refractivity contribution in [2.75, 3.05) is 6.61 Å². The lowest BCUT2D eigenvalue weighted by Gasteiger charge is -2.22. The highest BCUT2D eigenvalue weighted by molar-refractivity contribution is 5.76. The molecular weight excluding hydrogens is 188 g/mol. The summed E-state index contributed by atoms with van der Waals surface area (Å²) in [6.45, 7) is 5.07. The van der Waals surface area contributed by atoms with E-state index >= 15 is 0 Å². The van der Waals surface area contributed by atoms with Crippen molar-refractivity contribution in [2.45, 2.75) is 44.7 Å². The highest BCUT2D eigenvalue weighted by Gasteiger charge is 2.40. The summed E-state index contributed by atoms with van der Waals surface area (Å²) in [6.07, 6.45) is -0.331. The topological polar surface area (TPSA) is 76.0 Å². The van der Waals surface area contributed by atoms with Crippen molar-refractivity contribution >= 4 is 5.97 Å². The van der Waals surface area contributed by atoms with Crippen LogP contribution in [0, 0.1) is 0 Å². The Morgan fingerprint density at radius 1 is 1.64 bits per heavy atom. The van der Waals surface area contributed by atoms with E-state index in [2.05, 4.69) is 0 Å². The van der Waals surface area contributed by atoms with Crippen molar-refractivity contribution in [3.63, 3.8) is 0 Å². The fourth-order valence-electron chi connectivity index (χ4n) is 1.39. The minimum atomic E-state index is -1.76. The van der Waals surface area contributed by atoms with Gasteiger partial charge in [0.05, 0.1) is 12.7 Å². The van der Waals surface area contributed by atoms with Crippen LogP contribution in [-0.2, 0) is 14.3 Å². The Hall–Kier alpha value is -0.650. The van der Waals surface area contributed by atoms with Gasteiger partial charge in [0.15, 0.2) is 11.4 Å². The van der Waals surface area contributed by atoms with Gasteiger partial charge in [-0.3, -0.25) is 0 Å². The van der Waals surface area contributed by atoms with Gasteiger partial charge in [0.2, 0.25) is 0 Å². The van der Waals surface area contributed by atoms with Gasteiger partial charge in [0, 0.05) is 6.42 Å². The number of aliphatic hydroxyl groups is 1. The van der Waals surface area contributed by atoms with Gasteiger partial charge in [0.1, 0.15) is 0 Å². The molecule has 0 aromatic carbocycles. The molecule has 0 saturated carbocycles. The SMILES string of the molecule is CC1(C)OCC(CC(C)(O)C(=O)O)O1. The third-order valence-electron chi connectivity index (χ3n) is 2.15. The second kappa shape index (κ2) is 3.49. The molecule has 0 aromatic rings. The molecule has 2 atom stereocenters. The summed E-state index contributed by atoms with van der Waals surface area (Å²) >= 11 is 0. The Morgan fingerprint density at radius 2 is 2.21 bits per heavy atom. The smallest absolute Gasteiger partial charge is 0.335 e. The Balaban J connectivity index is 2.51. The maximum atomic E-state index is 10.6. The van der Waals surface area contributed by atoms with Crippen molar-refractivity contribution in [2.24, 2.45) is 0 Å². The molecule has 0 aliphatic carbocycles. The first-order valence-corrected chi connectivity index (χ1v) is 4.50.